The molecule has 0 bridgehead atoms. The van der Waals surface area contributed by atoms with Gasteiger partial charge in [-0.3, -0.25) is 4.79 Å². The predicted octanol–water partition coefficient (Wildman–Crippen LogP) is 0.847. The summed E-state index contributed by atoms with van der Waals surface area (Å²) in [6.07, 6.45) is 1.98. The van der Waals surface area contributed by atoms with Gasteiger partial charge >= 0.3 is 5.97 Å². The first-order chi connectivity index (χ1) is 6.24. The molecule has 1 saturated heterocycles. The summed E-state index contributed by atoms with van der Waals surface area (Å²) in [7, 11) is 0. The van der Waals surface area contributed by atoms with Crippen LogP contribution in [-0.2, 0) is 9.53 Å². The first-order valence-electron chi connectivity index (χ1n) is 4.75. The normalized spacial score (nSPS) is 24.3. The molecule has 0 saturated carbocycles. The molecule has 1 aliphatic heterocycles. The third kappa shape index (κ3) is 3.56. The Morgan fingerprint density at radius 3 is 3.08 bits per heavy atom. The van der Waals surface area contributed by atoms with Crippen molar-refractivity contribution in [3.8, 4) is 0 Å². The van der Waals surface area contributed by atoms with Crippen molar-refractivity contribution in [1.82, 2.24) is 5.32 Å². The molecular weight excluding hydrogens is 186 g/mol. The van der Waals surface area contributed by atoms with E-state index in [-0.39, 0.29) is 12.0 Å². The summed E-state index contributed by atoms with van der Waals surface area (Å²) in [5.41, 5.74) is 0. The van der Waals surface area contributed by atoms with Gasteiger partial charge in [0.15, 0.2) is 0 Å². The minimum Gasteiger partial charge on any atom is -0.464 e. The summed E-state index contributed by atoms with van der Waals surface area (Å²) < 4.78 is 5.13. The van der Waals surface area contributed by atoms with E-state index in [0.717, 1.165) is 25.1 Å². The van der Waals surface area contributed by atoms with Crippen LogP contribution in [0.25, 0.3) is 0 Å². The minimum absolute atomic E-state index is 0.0629. The molecule has 0 aromatic heterocycles. The van der Waals surface area contributed by atoms with Gasteiger partial charge in [-0.1, -0.05) is 6.92 Å². The number of hydrogen-bond acceptors (Lipinski definition) is 4. The fourth-order valence-corrected chi connectivity index (χ4v) is 1.37. The van der Waals surface area contributed by atoms with Crippen molar-refractivity contribution >= 4 is 18.6 Å². The molecule has 1 heterocycles. The van der Waals surface area contributed by atoms with Gasteiger partial charge in [-0.2, -0.15) is 12.6 Å². The highest BCUT2D eigenvalue weighted by molar-refractivity contribution is 7.80. The summed E-state index contributed by atoms with van der Waals surface area (Å²) >= 11 is 4.12. The highest BCUT2D eigenvalue weighted by Crippen LogP contribution is 2.07. The molecule has 1 fully saturated rings. The standard InChI is InChI=1S/C9H17NO2S/c1-7(6-13)5-12-9(11)8-3-2-4-10-8/h7-8,10,13H,2-6H2,1H3/t7-,8-/m1/s1. The van der Waals surface area contributed by atoms with E-state index in [9.17, 15) is 4.79 Å². The van der Waals surface area contributed by atoms with Gasteiger partial charge in [0.1, 0.15) is 6.04 Å². The summed E-state index contributed by atoms with van der Waals surface area (Å²) in [5, 5.41) is 3.10. The lowest BCUT2D eigenvalue weighted by molar-refractivity contribution is -0.146. The number of carbonyl (C=O) groups is 1. The molecule has 0 aromatic carbocycles. The molecule has 2 atom stereocenters. The highest BCUT2D eigenvalue weighted by atomic mass is 32.1. The first kappa shape index (κ1) is 10.9. The van der Waals surface area contributed by atoms with Crippen LogP contribution in [0.4, 0.5) is 0 Å². The van der Waals surface area contributed by atoms with Gasteiger partial charge in [0, 0.05) is 0 Å². The quantitative estimate of drug-likeness (QED) is 0.525. The van der Waals surface area contributed by atoms with Crippen LogP contribution in [0.15, 0.2) is 0 Å². The van der Waals surface area contributed by atoms with E-state index in [1.54, 1.807) is 0 Å². The van der Waals surface area contributed by atoms with Crippen LogP contribution in [-0.4, -0.2) is 30.9 Å². The molecular formula is C9H17NO2S. The Balaban J connectivity index is 2.16. The maximum atomic E-state index is 11.4. The minimum atomic E-state index is -0.105. The van der Waals surface area contributed by atoms with Crippen LogP contribution in [0, 0.1) is 5.92 Å². The number of nitrogens with one attached hydrogen (secondary N) is 1. The zero-order chi connectivity index (χ0) is 9.68. The van der Waals surface area contributed by atoms with Crippen LogP contribution in [0.1, 0.15) is 19.8 Å². The van der Waals surface area contributed by atoms with Gasteiger partial charge in [0.25, 0.3) is 0 Å². The summed E-state index contributed by atoms with van der Waals surface area (Å²) in [4.78, 5) is 11.4. The Labute approximate surface area is 84.6 Å². The predicted molar refractivity (Wildman–Crippen MR) is 55.0 cm³/mol. The van der Waals surface area contributed by atoms with Gasteiger partial charge in [-0.05, 0) is 31.1 Å². The lowest BCUT2D eigenvalue weighted by atomic mass is 10.2. The molecule has 1 rings (SSSR count). The van der Waals surface area contributed by atoms with Crippen LogP contribution >= 0.6 is 12.6 Å². The fourth-order valence-electron chi connectivity index (χ4n) is 1.26. The van der Waals surface area contributed by atoms with Gasteiger partial charge in [0.05, 0.1) is 6.61 Å². The monoisotopic (exact) mass is 203 g/mol. The zero-order valence-corrected chi connectivity index (χ0v) is 8.85. The van der Waals surface area contributed by atoms with Crippen LogP contribution in [0.5, 0.6) is 0 Å². The van der Waals surface area contributed by atoms with Gasteiger partial charge in [0.2, 0.25) is 0 Å². The van der Waals surface area contributed by atoms with E-state index in [4.69, 9.17) is 4.74 Å². The average Bonchev–Trinajstić information content (AvgIpc) is 2.66. The number of hydrogen-bond donors (Lipinski definition) is 2. The van der Waals surface area contributed by atoms with Gasteiger partial charge < -0.3 is 10.1 Å². The summed E-state index contributed by atoms with van der Waals surface area (Å²) in [6.45, 7) is 3.44. The smallest absolute Gasteiger partial charge is 0.323 e. The molecule has 13 heavy (non-hydrogen) atoms. The Bertz CT molecular complexity index is 169. The number of rotatable bonds is 4. The molecule has 0 spiro atoms. The van der Waals surface area contributed by atoms with Crippen LogP contribution in [0.2, 0.25) is 0 Å². The summed E-state index contributed by atoms with van der Waals surface area (Å²) in [6, 6.07) is -0.0629. The van der Waals surface area contributed by atoms with Crippen molar-refractivity contribution in [3.05, 3.63) is 0 Å². The SMILES string of the molecule is C[C@@H](CS)COC(=O)[C@H]1CCCN1. The molecule has 1 aliphatic rings. The zero-order valence-electron chi connectivity index (χ0n) is 7.95. The maximum absolute atomic E-state index is 11.4. The van der Waals surface area contributed by atoms with Crippen molar-refractivity contribution in [3.63, 3.8) is 0 Å². The second kappa shape index (κ2) is 5.50. The molecule has 0 amide bonds. The number of ether oxygens (including phenoxy) is 1. The third-order valence-corrected chi connectivity index (χ3v) is 2.79. The molecule has 3 nitrogen and oxygen atoms in total. The molecule has 0 unspecified atom stereocenters. The fraction of sp³-hybridized carbons (Fsp3) is 0.889. The Kier molecular flexibility index (Phi) is 4.59. The van der Waals surface area contributed by atoms with Crippen LogP contribution in [0.3, 0.4) is 0 Å². The number of carbonyl (C=O) groups excluding carboxylic acids is 1. The molecule has 0 aromatic rings. The van der Waals surface area contributed by atoms with Crippen molar-refractivity contribution in [1.29, 1.82) is 0 Å². The van der Waals surface area contributed by atoms with Crippen molar-refractivity contribution < 1.29 is 9.53 Å². The molecule has 0 aliphatic carbocycles. The van der Waals surface area contributed by atoms with E-state index < -0.39 is 0 Å². The Morgan fingerprint density at radius 2 is 2.54 bits per heavy atom. The largest absolute Gasteiger partial charge is 0.464 e. The summed E-state index contributed by atoms with van der Waals surface area (Å²) in [5.74, 6) is 0.991. The lowest BCUT2D eigenvalue weighted by Gasteiger charge is -2.12. The topological polar surface area (TPSA) is 38.3 Å². The van der Waals surface area contributed by atoms with E-state index in [1.165, 1.54) is 0 Å². The Hall–Kier alpha value is -0.220. The second-order valence-corrected chi connectivity index (χ2v) is 3.93. The second-order valence-electron chi connectivity index (χ2n) is 3.57. The molecule has 1 N–H and O–H groups in total. The van der Waals surface area contributed by atoms with Gasteiger partial charge in [-0.25, -0.2) is 0 Å². The number of thiol groups is 1. The van der Waals surface area contributed by atoms with E-state index in [0.29, 0.717) is 12.5 Å². The molecule has 4 heteroatoms. The van der Waals surface area contributed by atoms with E-state index in [1.807, 2.05) is 6.92 Å². The maximum Gasteiger partial charge on any atom is 0.323 e. The van der Waals surface area contributed by atoms with Gasteiger partial charge in [-0.15, -0.1) is 0 Å². The van der Waals surface area contributed by atoms with Crippen LogP contribution < -0.4 is 5.32 Å². The van der Waals surface area contributed by atoms with Crippen molar-refractivity contribution in [2.24, 2.45) is 5.92 Å². The lowest BCUT2D eigenvalue weighted by Crippen LogP contribution is -2.33. The van der Waals surface area contributed by atoms with Crippen molar-refractivity contribution in [2.45, 2.75) is 25.8 Å². The van der Waals surface area contributed by atoms with E-state index in [2.05, 4.69) is 17.9 Å². The third-order valence-electron chi connectivity index (χ3n) is 2.17. The molecule has 0 radical (unpaired) electrons. The van der Waals surface area contributed by atoms with Crippen molar-refractivity contribution in [2.75, 3.05) is 18.9 Å². The number of esters is 1. The first-order valence-corrected chi connectivity index (χ1v) is 5.38. The average molecular weight is 203 g/mol. The molecule has 76 valence electrons. The Morgan fingerprint density at radius 1 is 1.77 bits per heavy atom. The highest BCUT2D eigenvalue weighted by Gasteiger charge is 2.23. The van der Waals surface area contributed by atoms with E-state index >= 15 is 0 Å².